The number of hydrogen-bond donors (Lipinski definition) is 2. The number of carbonyl (C=O) groups excluding carboxylic acids is 1. The van der Waals surface area contributed by atoms with Crippen molar-refractivity contribution < 1.29 is 9.53 Å². The molecule has 6 heteroatoms. The van der Waals surface area contributed by atoms with Crippen LogP contribution < -0.4 is 11.1 Å². The lowest BCUT2D eigenvalue weighted by Crippen LogP contribution is -2.27. The van der Waals surface area contributed by atoms with Crippen LogP contribution in [0.2, 0.25) is 0 Å². The third-order valence-corrected chi connectivity index (χ3v) is 4.81. The molecule has 2 heterocycles. The average molecular weight is 305 g/mol. The molecule has 2 aromatic rings. The third kappa shape index (κ3) is 2.73. The molecular formula is C15H19N3O2S. The molecule has 0 radical (unpaired) electrons. The Morgan fingerprint density at radius 2 is 2.38 bits per heavy atom. The molecule has 0 bridgehead atoms. The lowest BCUT2D eigenvalue weighted by molar-refractivity contribution is 0.0927. The number of nitrogens with two attached hydrogens (primary N) is 1. The average Bonchev–Trinajstić information content (AvgIpc) is 3.06. The largest absolute Gasteiger partial charge is 0.397 e. The number of nitrogens with one attached hydrogen (secondary N) is 1. The Labute approximate surface area is 127 Å². The number of nitrogens with zero attached hydrogens (tertiary/aromatic N) is 1. The summed E-state index contributed by atoms with van der Waals surface area (Å²) in [5.41, 5.74) is 9.12. The van der Waals surface area contributed by atoms with E-state index in [-0.39, 0.29) is 5.91 Å². The molecule has 1 aliphatic carbocycles. The number of ether oxygens (including phenoxy) is 1. The molecule has 1 aliphatic rings. The Morgan fingerprint density at radius 1 is 1.52 bits per heavy atom. The molecule has 2 aromatic heterocycles. The van der Waals surface area contributed by atoms with Gasteiger partial charge in [-0.15, -0.1) is 11.3 Å². The Bertz CT molecular complexity index is 681. The molecule has 0 saturated carbocycles. The number of carbonyl (C=O) groups is 1. The lowest BCUT2D eigenvalue weighted by atomic mass is 10.1. The van der Waals surface area contributed by atoms with Gasteiger partial charge in [0, 0.05) is 24.2 Å². The van der Waals surface area contributed by atoms with E-state index < -0.39 is 0 Å². The van der Waals surface area contributed by atoms with Gasteiger partial charge in [0.2, 0.25) is 0 Å². The van der Waals surface area contributed by atoms with E-state index in [0.717, 1.165) is 35.2 Å². The minimum atomic E-state index is -0.143. The van der Waals surface area contributed by atoms with Gasteiger partial charge in [0.15, 0.2) is 0 Å². The smallest absolute Gasteiger partial charge is 0.263 e. The molecule has 112 valence electrons. The molecule has 0 aromatic carbocycles. The van der Waals surface area contributed by atoms with Crippen molar-refractivity contribution in [1.29, 1.82) is 0 Å². The van der Waals surface area contributed by atoms with Crippen LogP contribution in [-0.2, 0) is 17.6 Å². The van der Waals surface area contributed by atoms with Crippen LogP contribution in [0.15, 0.2) is 6.07 Å². The highest BCUT2D eigenvalue weighted by atomic mass is 32.1. The van der Waals surface area contributed by atoms with Gasteiger partial charge < -0.3 is 15.8 Å². The van der Waals surface area contributed by atoms with Gasteiger partial charge >= 0.3 is 0 Å². The molecule has 3 rings (SSSR count). The van der Waals surface area contributed by atoms with Crippen LogP contribution in [-0.4, -0.2) is 30.6 Å². The fraction of sp³-hybridized carbons (Fsp3) is 0.467. The predicted molar refractivity (Wildman–Crippen MR) is 84.9 cm³/mol. The first-order valence-electron chi connectivity index (χ1n) is 7.27. The van der Waals surface area contributed by atoms with Crippen LogP contribution in [0.5, 0.6) is 0 Å². The fourth-order valence-corrected chi connectivity index (χ4v) is 3.64. The van der Waals surface area contributed by atoms with Crippen LogP contribution >= 0.6 is 11.3 Å². The summed E-state index contributed by atoms with van der Waals surface area (Å²) in [6, 6.07) is 2.10. The number of hydrogen-bond acceptors (Lipinski definition) is 5. The van der Waals surface area contributed by atoms with Gasteiger partial charge in [-0.2, -0.15) is 0 Å². The van der Waals surface area contributed by atoms with E-state index in [0.29, 0.717) is 30.3 Å². The zero-order valence-electron chi connectivity index (χ0n) is 12.1. The molecule has 0 aliphatic heterocycles. The molecule has 0 fully saturated rings. The highest BCUT2D eigenvalue weighted by molar-refractivity contribution is 7.21. The van der Waals surface area contributed by atoms with Crippen molar-refractivity contribution >= 4 is 33.1 Å². The quantitative estimate of drug-likeness (QED) is 0.830. The minimum Gasteiger partial charge on any atom is -0.397 e. The number of thiophene rings is 1. The second-order valence-corrected chi connectivity index (χ2v) is 6.10. The fourth-order valence-electron chi connectivity index (χ4n) is 2.63. The predicted octanol–water partition coefficient (Wildman–Crippen LogP) is 2.13. The van der Waals surface area contributed by atoms with Crippen LogP contribution in [0.25, 0.3) is 10.2 Å². The maximum Gasteiger partial charge on any atom is 0.263 e. The van der Waals surface area contributed by atoms with Crippen LogP contribution in [0.4, 0.5) is 5.69 Å². The van der Waals surface area contributed by atoms with Gasteiger partial charge in [-0.05, 0) is 37.8 Å². The van der Waals surface area contributed by atoms with E-state index in [9.17, 15) is 4.79 Å². The van der Waals surface area contributed by atoms with Gasteiger partial charge in [0.25, 0.3) is 5.91 Å². The summed E-state index contributed by atoms with van der Waals surface area (Å²) >= 11 is 1.37. The number of fused-ring (bicyclic) bond motifs is 2. The number of aromatic nitrogens is 1. The Kier molecular flexibility index (Phi) is 4.07. The van der Waals surface area contributed by atoms with Gasteiger partial charge in [-0.3, -0.25) is 4.79 Å². The molecular weight excluding hydrogens is 286 g/mol. The number of amides is 1. The molecule has 0 saturated heterocycles. The lowest BCUT2D eigenvalue weighted by Gasteiger charge is -2.04. The van der Waals surface area contributed by atoms with E-state index in [1.165, 1.54) is 16.9 Å². The number of rotatable bonds is 5. The number of anilines is 1. The first-order valence-corrected chi connectivity index (χ1v) is 8.09. The summed E-state index contributed by atoms with van der Waals surface area (Å²) in [6.45, 7) is 3.58. The summed E-state index contributed by atoms with van der Waals surface area (Å²) in [5, 5.41) is 3.74. The maximum absolute atomic E-state index is 12.2. The molecule has 5 nitrogen and oxygen atoms in total. The second kappa shape index (κ2) is 5.99. The van der Waals surface area contributed by atoms with Crippen LogP contribution in [0.3, 0.4) is 0 Å². The molecule has 0 atom stereocenters. The van der Waals surface area contributed by atoms with Crippen molar-refractivity contribution in [2.45, 2.75) is 26.2 Å². The van der Waals surface area contributed by atoms with Gasteiger partial charge in [0.05, 0.1) is 12.3 Å². The van der Waals surface area contributed by atoms with Gasteiger partial charge in [-0.25, -0.2) is 4.98 Å². The van der Waals surface area contributed by atoms with Crippen molar-refractivity contribution in [3.8, 4) is 0 Å². The molecule has 1 amide bonds. The highest BCUT2D eigenvalue weighted by Gasteiger charge is 2.20. The van der Waals surface area contributed by atoms with Gasteiger partial charge in [-0.1, -0.05) is 0 Å². The van der Waals surface area contributed by atoms with Crippen LogP contribution in [0.1, 0.15) is 34.3 Å². The molecule has 0 unspecified atom stereocenters. The molecule has 21 heavy (non-hydrogen) atoms. The third-order valence-electron chi connectivity index (χ3n) is 3.69. The summed E-state index contributed by atoms with van der Waals surface area (Å²) in [7, 11) is 0. The van der Waals surface area contributed by atoms with E-state index in [2.05, 4.69) is 16.4 Å². The normalized spacial score (nSPS) is 13.6. The Hall–Kier alpha value is -1.66. The first kappa shape index (κ1) is 14.3. The first-order chi connectivity index (χ1) is 10.2. The highest BCUT2D eigenvalue weighted by Crippen LogP contribution is 2.35. The van der Waals surface area contributed by atoms with Crippen molar-refractivity contribution in [1.82, 2.24) is 10.3 Å². The zero-order chi connectivity index (χ0) is 14.8. The number of nitrogen functional groups attached to an aromatic ring is 1. The van der Waals surface area contributed by atoms with Crippen molar-refractivity contribution in [2.75, 3.05) is 25.5 Å². The van der Waals surface area contributed by atoms with Crippen molar-refractivity contribution in [3.63, 3.8) is 0 Å². The summed E-state index contributed by atoms with van der Waals surface area (Å²) < 4.78 is 5.21. The molecule has 0 spiro atoms. The van der Waals surface area contributed by atoms with Crippen LogP contribution in [0, 0.1) is 0 Å². The van der Waals surface area contributed by atoms with Gasteiger partial charge in [0.1, 0.15) is 9.71 Å². The Balaban J connectivity index is 1.83. The Morgan fingerprint density at radius 3 is 3.19 bits per heavy atom. The minimum absolute atomic E-state index is 0.143. The SMILES string of the molecule is CCOCCNC(=O)c1sc2nc3c(cc2c1N)CCC3. The number of pyridine rings is 1. The summed E-state index contributed by atoms with van der Waals surface area (Å²) in [5.74, 6) is -0.143. The second-order valence-electron chi connectivity index (χ2n) is 5.10. The van der Waals surface area contributed by atoms with Crippen molar-refractivity contribution in [3.05, 3.63) is 22.2 Å². The standard InChI is InChI=1S/C15H19N3O2S/c1-2-20-7-6-17-14(19)13-12(16)10-8-9-4-3-5-11(9)18-15(10)21-13/h8H,2-7,16H2,1H3,(H,17,19). The topological polar surface area (TPSA) is 77.2 Å². The van der Waals surface area contributed by atoms with E-state index >= 15 is 0 Å². The summed E-state index contributed by atoms with van der Waals surface area (Å²) in [6.07, 6.45) is 3.24. The van der Waals surface area contributed by atoms with E-state index in [1.54, 1.807) is 0 Å². The zero-order valence-corrected chi connectivity index (χ0v) is 12.9. The van der Waals surface area contributed by atoms with E-state index in [4.69, 9.17) is 10.5 Å². The summed E-state index contributed by atoms with van der Waals surface area (Å²) in [4.78, 5) is 18.3. The number of aryl methyl sites for hydroxylation is 2. The maximum atomic E-state index is 12.2. The van der Waals surface area contributed by atoms with Crippen molar-refractivity contribution in [2.24, 2.45) is 0 Å². The molecule has 3 N–H and O–H groups in total. The van der Waals surface area contributed by atoms with E-state index in [1.807, 2.05) is 6.92 Å². The monoisotopic (exact) mass is 305 g/mol.